The van der Waals surface area contributed by atoms with E-state index in [1.807, 2.05) is 19.1 Å². The Morgan fingerprint density at radius 3 is 2.68 bits per heavy atom. The van der Waals surface area contributed by atoms with E-state index in [0.717, 1.165) is 31.2 Å². The lowest BCUT2D eigenvalue weighted by molar-refractivity contribution is 0.0639. The van der Waals surface area contributed by atoms with Crippen LogP contribution in [0.5, 0.6) is 0 Å². The zero-order valence-corrected chi connectivity index (χ0v) is 11.4. The summed E-state index contributed by atoms with van der Waals surface area (Å²) in [6, 6.07) is 5.75. The highest BCUT2D eigenvalue weighted by Crippen LogP contribution is 2.26. The fourth-order valence-electron chi connectivity index (χ4n) is 2.81. The van der Waals surface area contributed by atoms with Crippen LogP contribution in [0.3, 0.4) is 0 Å². The van der Waals surface area contributed by atoms with Crippen molar-refractivity contribution >= 4 is 11.6 Å². The van der Waals surface area contributed by atoms with Crippen molar-refractivity contribution in [3.63, 3.8) is 0 Å². The quantitative estimate of drug-likeness (QED) is 0.815. The lowest BCUT2D eigenvalue weighted by Crippen LogP contribution is -2.41. The molecule has 1 aliphatic rings. The number of hydrogen-bond acceptors (Lipinski definition) is 3. The number of rotatable bonds is 4. The smallest absolute Gasteiger partial charge is 0.256 e. The summed E-state index contributed by atoms with van der Waals surface area (Å²) < 4.78 is 0. The number of anilines is 1. The molecule has 0 unspecified atom stereocenters. The van der Waals surface area contributed by atoms with Gasteiger partial charge in [-0.25, -0.2) is 0 Å². The minimum absolute atomic E-state index is 0.00595. The molecule has 0 bridgehead atoms. The summed E-state index contributed by atoms with van der Waals surface area (Å²) in [7, 11) is 0. The highest BCUT2D eigenvalue weighted by Gasteiger charge is 2.27. The summed E-state index contributed by atoms with van der Waals surface area (Å²) >= 11 is 0. The number of carbonyl (C=O) groups excluding carboxylic acids is 1. The maximum Gasteiger partial charge on any atom is 0.256 e. The molecule has 4 heteroatoms. The standard InChI is InChI=1S/C15H22N2O2/c1-11-6-7-13(14(16)10-11)15(19)17(8-9-18)12-4-2-3-5-12/h6-7,10,12,18H,2-5,8-9,16H2,1H3. The summed E-state index contributed by atoms with van der Waals surface area (Å²) in [5.41, 5.74) is 8.06. The van der Waals surface area contributed by atoms with E-state index in [1.165, 1.54) is 0 Å². The Morgan fingerprint density at radius 1 is 1.42 bits per heavy atom. The van der Waals surface area contributed by atoms with Gasteiger partial charge in [-0.15, -0.1) is 0 Å². The normalized spacial score (nSPS) is 15.7. The fourth-order valence-corrected chi connectivity index (χ4v) is 2.81. The van der Waals surface area contributed by atoms with Crippen LogP contribution in [0.15, 0.2) is 18.2 Å². The van der Waals surface area contributed by atoms with E-state index in [1.54, 1.807) is 11.0 Å². The number of aryl methyl sites for hydroxylation is 1. The van der Waals surface area contributed by atoms with Crippen molar-refractivity contribution < 1.29 is 9.90 Å². The van der Waals surface area contributed by atoms with Gasteiger partial charge in [0.25, 0.3) is 5.91 Å². The Labute approximate surface area is 114 Å². The van der Waals surface area contributed by atoms with Gasteiger partial charge in [-0.3, -0.25) is 4.79 Å². The Hall–Kier alpha value is -1.55. The van der Waals surface area contributed by atoms with Crippen LogP contribution >= 0.6 is 0 Å². The second-order valence-electron chi connectivity index (χ2n) is 5.25. The SMILES string of the molecule is Cc1ccc(C(=O)N(CCO)C2CCCC2)c(N)c1. The molecule has 1 amide bonds. The Balaban J connectivity index is 2.22. The summed E-state index contributed by atoms with van der Waals surface area (Å²) in [6.07, 6.45) is 4.36. The molecule has 1 aromatic rings. The van der Waals surface area contributed by atoms with E-state index in [2.05, 4.69) is 0 Å². The topological polar surface area (TPSA) is 66.6 Å². The first-order valence-electron chi connectivity index (χ1n) is 6.91. The number of benzene rings is 1. The van der Waals surface area contributed by atoms with E-state index in [4.69, 9.17) is 5.73 Å². The lowest BCUT2D eigenvalue weighted by Gasteiger charge is -2.29. The molecular weight excluding hydrogens is 240 g/mol. The largest absolute Gasteiger partial charge is 0.398 e. The average Bonchev–Trinajstić information content (AvgIpc) is 2.89. The van der Waals surface area contributed by atoms with Crippen LogP contribution in [-0.2, 0) is 0 Å². The zero-order valence-electron chi connectivity index (χ0n) is 11.4. The zero-order chi connectivity index (χ0) is 13.8. The first-order chi connectivity index (χ1) is 9.13. The molecule has 0 atom stereocenters. The van der Waals surface area contributed by atoms with E-state index >= 15 is 0 Å². The van der Waals surface area contributed by atoms with Gasteiger partial charge in [0.1, 0.15) is 0 Å². The van der Waals surface area contributed by atoms with Gasteiger partial charge in [0.2, 0.25) is 0 Å². The van der Waals surface area contributed by atoms with Crippen molar-refractivity contribution in [1.29, 1.82) is 0 Å². The lowest BCUT2D eigenvalue weighted by atomic mass is 10.1. The predicted molar refractivity (Wildman–Crippen MR) is 76.0 cm³/mol. The Bertz CT molecular complexity index is 453. The molecule has 0 spiro atoms. The van der Waals surface area contributed by atoms with Gasteiger partial charge >= 0.3 is 0 Å². The number of amides is 1. The molecule has 0 aromatic heterocycles. The van der Waals surface area contributed by atoms with E-state index in [-0.39, 0.29) is 18.6 Å². The number of nitrogen functional groups attached to an aromatic ring is 1. The number of aliphatic hydroxyl groups is 1. The molecular formula is C15H22N2O2. The molecule has 0 saturated heterocycles. The van der Waals surface area contributed by atoms with Gasteiger partial charge in [0.05, 0.1) is 12.2 Å². The summed E-state index contributed by atoms with van der Waals surface area (Å²) in [5.74, 6) is -0.0570. The summed E-state index contributed by atoms with van der Waals surface area (Å²) in [5, 5.41) is 9.18. The third kappa shape index (κ3) is 3.07. The molecule has 3 N–H and O–H groups in total. The molecule has 4 nitrogen and oxygen atoms in total. The first kappa shape index (κ1) is 13.9. The van der Waals surface area contributed by atoms with E-state index < -0.39 is 0 Å². The van der Waals surface area contributed by atoms with Gasteiger partial charge in [-0.05, 0) is 37.5 Å². The fraction of sp³-hybridized carbons (Fsp3) is 0.533. The van der Waals surface area contributed by atoms with Gasteiger partial charge in [0.15, 0.2) is 0 Å². The Morgan fingerprint density at radius 2 is 2.11 bits per heavy atom. The monoisotopic (exact) mass is 262 g/mol. The van der Waals surface area contributed by atoms with Crippen molar-refractivity contribution in [3.8, 4) is 0 Å². The summed E-state index contributed by atoms with van der Waals surface area (Å²) in [4.78, 5) is 14.4. The molecule has 0 radical (unpaired) electrons. The molecule has 1 fully saturated rings. The van der Waals surface area contributed by atoms with Gasteiger partial charge < -0.3 is 15.7 Å². The number of nitrogens with two attached hydrogens (primary N) is 1. The Kier molecular flexibility index (Phi) is 4.43. The molecule has 104 valence electrons. The number of carbonyl (C=O) groups is 1. The third-order valence-electron chi connectivity index (χ3n) is 3.80. The molecule has 1 aliphatic carbocycles. The van der Waals surface area contributed by atoms with Gasteiger partial charge in [-0.2, -0.15) is 0 Å². The second-order valence-corrected chi connectivity index (χ2v) is 5.25. The third-order valence-corrected chi connectivity index (χ3v) is 3.80. The molecule has 0 heterocycles. The van der Waals surface area contributed by atoms with Crippen molar-refractivity contribution in [3.05, 3.63) is 29.3 Å². The van der Waals surface area contributed by atoms with Crippen LogP contribution in [-0.4, -0.2) is 35.1 Å². The number of aliphatic hydroxyl groups excluding tert-OH is 1. The minimum atomic E-state index is -0.0570. The average molecular weight is 262 g/mol. The van der Waals surface area contributed by atoms with Crippen molar-refractivity contribution in [2.45, 2.75) is 38.6 Å². The van der Waals surface area contributed by atoms with Crippen LogP contribution < -0.4 is 5.73 Å². The first-order valence-corrected chi connectivity index (χ1v) is 6.91. The highest BCUT2D eigenvalue weighted by molar-refractivity contribution is 5.99. The van der Waals surface area contributed by atoms with Crippen LogP contribution in [0.1, 0.15) is 41.6 Å². The van der Waals surface area contributed by atoms with Crippen LogP contribution in [0.2, 0.25) is 0 Å². The van der Waals surface area contributed by atoms with Crippen molar-refractivity contribution in [2.24, 2.45) is 0 Å². The van der Waals surface area contributed by atoms with Crippen LogP contribution in [0.4, 0.5) is 5.69 Å². The van der Waals surface area contributed by atoms with Crippen LogP contribution in [0.25, 0.3) is 0 Å². The maximum atomic E-state index is 12.6. The molecule has 19 heavy (non-hydrogen) atoms. The van der Waals surface area contributed by atoms with E-state index in [9.17, 15) is 9.90 Å². The van der Waals surface area contributed by atoms with Crippen LogP contribution in [0, 0.1) is 6.92 Å². The highest BCUT2D eigenvalue weighted by atomic mass is 16.3. The molecule has 1 aromatic carbocycles. The summed E-state index contributed by atoms with van der Waals surface area (Å²) in [6.45, 7) is 2.33. The predicted octanol–water partition coefficient (Wildman–Crippen LogP) is 1.95. The number of hydrogen-bond donors (Lipinski definition) is 2. The van der Waals surface area contributed by atoms with Crippen molar-refractivity contribution in [2.75, 3.05) is 18.9 Å². The maximum absolute atomic E-state index is 12.6. The van der Waals surface area contributed by atoms with Crippen molar-refractivity contribution in [1.82, 2.24) is 4.90 Å². The molecule has 0 aliphatic heterocycles. The molecule has 2 rings (SSSR count). The second kappa shape index (κ2) is 6.06. The number of nitrogens with zero attached hydrogens (tertiary/aromatic N) is 1. The molecule has 1 saturated carbocycles. The van der Waals surface area contributed by atoms with E-state index in [0.29, 0.717) is 17.8 Å². The minimum Gasteiger partial charge on any atom is -0.398 e. The van der Waals surface area contributed by atoms with Gasteiger partial charge in [-0.1, -0.05) is 18.9 Å². The van der Waals surface area contributed by atoms with Gasteiger partial charge in [0, 0.05) is 18.3 Å².